The summed E-state index contributed by atoms with van der Waals surface area (Å²) < 4.78 is 5.21. The van der Waals surface area contributed by atoms with Crippen LogP contribution in [0, 0.1) is 45.3 Å². The molecule has 2 N–H and O–H groups in total. The van der Waals surface area contributed by atoms with Gasteiger partial charge in [-0.2, -0.15) is 0 Å². The fourth-order valence-corrected chi connectivity index (χ4v) is 9.63. The molecule has 4 aliphatic carbocycles. The molecular formula is C25H38O4. The fourth-order valence-electron chi connectivity index (χ4n) is 9.63. The molecule has 1 aliphatic heterocycles. The number of fused-ring (bicyclic) bond motifs is 7. The van der Waals surface area contributed by atoms with E-state index in [1.165, 1.54) is 32.1 Å². The van der Waals surface area contributed by atoms with Crippen LogP contribution in [0.4, 0.5) is 0 Å². The lowest BCUT2D eigenvalue weighted by atomic mass is 9.34. The summed E-state index contributed by atoms with van der Waals surface area (Å²) >= 11 is 0. The molecule has 0 radical (unpaired) electrons. The zero-order valence-corrected chi connectivity index (χ0v) is 18.7. The van der Waals surface area contributed by atoms with Crippen LogP contribution in [0.2, 0.25) is 0 Å². The summed E-state index contributed by atoms with van der Waals surface area (Å²) in [6, 6.07) is 0. The van der Waals surface area contributed by atoms with Gasteiger partial charge in [0.15, 0.2) is 0 Å². The van der Waals surface area contributed by atoms with Gasteiger partial charge in [-0.05, 0) is 72.5 Å². The summed E-state index contributed by atoms with van der Waals surface area (Å²) in [4.78, 5) is 12.3. The van der Waals surface area contributed by atoms with Gasteiger partial charge in [-0.25, -0.2) is 4.79 Å². The number of hydrogen-bond donors (Lipinski definition) is 2. The molecule has 4 nitrogen and oxygen atoms in total. The Balaban J connectivity index is 1.60. The van der Waals surface area contributed by atoms with Crippen LogP contribution in [0.25, 0.3) is 0 Å². The second kappa shape index (κ2) is 5.88. The van der Waals surface area contributed by atoms with Crippen molar-refractivity contribution >= 4 is 5.97 Å². The summed E-state index contributed by atoms with van der Waals surface area (Å²) in [5.74, 6) is 0.632. The van der Waals surface area contributed by atoms with E-state index in [0.717, 1.165) is 12.8 Å². The third kappa shape index (κ3) is 2.31. The Labute approximate surface area is 175 Å². The Morgan fingerprint density at radius 2 is 1.66 bits per heavy atom. The largest absolute Gasteiger partial charge is 0.432 e. The predicted molar refractivity (Wildman–Crippen MR) is 111 cm³/mol. The first-order valence-corrected chi connectivity index (χ1v) is 11.7. The van der Waals surface area contributed by atoms with Crippen LogP contribution in [-0.2, 0) is 9.53 Å². The van der Waals surface area contributed by atoms with Gasteiger partial charge in [0.25, 0.3) is 0 Å². The Hall–Kier alpha value is -0.870. The quantitative estimate of drug-likeness (QED) is 0.588. The molecule has 162 valence electrons. The first-order valence-electron chi connectivity index (χ1n) is 11.7. The van der Waals surface area contributed by atoms with Gasteiger partial charge in [0.2, 0.25) is 6.29 Å². The van der Waals surface area contributed by atoms with Crippen molar-refractivity contribution in [1.82, 2.24) is 0 Å². The third-order valence-corrected chi connectivity index (χ3v) is 10.9. The number of aliphatic hydroxyl groups is 2. The van der Waals surface area contributed by atoms with Gasteiger partial charge >= 0.3 is 5.97 Å². The smallest absolute Gasteiger partial charge is 0.336 e. The predicted octanol–water partition coefficient (Wildman–Crippen LogP) is 4.44. The molecule has 1 heterocycles. The van der Waals surface area contributed by atoms with E-state index in [0.29, 0.717) is 22.8 Å². The van der Waals surface area contributed by atoms with E-state index in [1.54, 1.807) is 0 Å². The van der Waals surface area contributed by atoms with E-state index in [4.69, 9.17) is 4.74 Å². The number of allylic oxidation sites excluding steroid dienone is 1. The van der Waals surface area contributed by atoms with Crippen molar-refractivity contribution in [2.75, 3.05) is 0 Å². The Morgan fingerprint density at radius 1 is 0.966 bits per heavy atom. The number of rotatable bonds is 0. The van der Waals surface area contributed by atoms with Crippen molar-refractivity contribution in [3.63, 3.8) is 0 Å². The molecule has 5 rings (SSSR count). The third-order valence-electron chi connectivity index (χ3n) is 10.9. The van der Waals surface area contributed by atoms with Gasteiger partial charge in [-0.1, -0.05) is 47.1 Å². The highest BCUT2D eigenvalue weighted by Gasteiger charge is 2.70. The topological polar surface area (TPSA) is 66.8 Å². The molecule has 1 saturated heterocycles. The molecule has 4 fully saturated rings. The van der Waals surface area contributed by atoms with E-state index < -0.39 is 29.7 Å². The summed E-state index contributed by atoms with van der Waals surface area (Å²) in [5.41, 5.74) is 0.799. The highest BCUT2D eigenvalue weighted by Crippen LogP contribution is 2.73. The normalized spacial score (nSPS) is 55.7. The summed E-state index contributed by atoms with van der Waals surface area (Å²) in [6.07, 6.45) is 8.21. The molecule has 0 unspecified atom stereocenters. The van der Waals surface area contributed by atoms with Crippen LogP contribution in [0.3, 0.4) is 0 Å². The summed E-state index contributed by atoms with van der Waals surface area (Å²) in [5, 5.41) is 22.2. The minimum absolute atomic E-state index is 0.111. The van der Waals surface area contributed by atoms with Crippen LogP contribution < -0.4 is 0 Å². The lowest BCUT2D eigenvalue weighted by Crippen LogP contribution is -2.66. The molecule has 0 spiro atoms. The van der Waals surface area contributed by atoms with Crippen molar-refractivity contribution in [2.45, 2.75) is 92.0 Å². The number of hydrogen-bond acceptors (Lipinski definition) is 4. The van der Waals surface area contributed by atoms with Crippen molar-refractivity contribution in [1.29, 1.82) is 0 Å². The van der Waals surface area contributed by atoms with Gasteiger partial charge in [0.1, 0.15) is 0 Å². The van der Waals surface area contributed by atoms with Crippen LogP contribution in [0.15, 0.2) is 11.6 Å². The maximum absolute atomic E-state index is 12.3. The molecule has 29 heavy (non-hydrogen) atoms. The molecule has 5 aliphatic rings. The van der Waals surface area contributed by atoms with E-state index in [2.05, 4.69) is 34.6 Å². The monoisotopic (exact) mass is 402 g/mol. The standard InChI is InChI=1S/C25H38O4/c1-22(2)10-6-11-23(3)15(22)9-12-24(4)16-8-7-14-19(21(28)29-20(14)27)25(16,5)18(26)13-17(23)24/h7,15-19,21,26,28H,6,8-13H2,1-5H3/t15-,16+,17+,18+,19-,21-,23+,24+,25-/m1/s1. The summed E-state index contributed by atoms with van der Waals surface area (Å²) in [6.45, 7) is 12.0. The van der Waals surface area contributed by atoms with E-state index in [1.807, 2.05) is 6.08 Å². The van der Waals surface area contributed by atoms with E-state index >= 15 is 0 Å². The van der Waals surface area contributed by atoms with Gasteiger partial charge in [0.05, 0.1) is 12.0 Å². The van der Waals surface area contributed by atoms with E-state index in [9.17, 15) is 15.0 Å². The Bertz CT molecular complexity index is 771. The molecule has 0 aromatic rings. The second-order valence-electron chi connectivity index (χ2n) is 12.3. The molecule has 4 heteroatoms. The van der Waals surface area contributed by atoms with Gasteiger partial charge in [0, 0.05) is 11.0 Å². The zero-order chi connectivity index (χ0) is 21.0. The van der Waals surface area contributed by atoms with Crippen LogP contribution >= 0.6 is 0 Å². The highest BCUT2D eigenvalue weighted by molar-refractivity contribution is 5.91. The SMILES string of the molecule is CC1(C)CCC[C@]2(C)[C@@H]3C[C@H](O)[C@]4(C)[C@@H]5C(=CC[C@H]4[C@]3(C)CC[C@H]12)C(=O)O[C@H]5O. The van der Waals surface area contributed by atoms with E-state index in [-0.39, 0.29) is 16.7 Å². The number of ether oxygens (including phenoxy) is 1. The van der Waals surface area contributed by atoms with Crippen molar-refractivity contribution in [3.05, 3.63) is 11.6 Å². The minimum atomic E-state index is -1.13. The lowest BCUT2D eigenvalue weighted by Gasteiger charge is -2.70. The van der Waals surface area contributed by atoms with Crippen molar-refractivity contribution in [2.24, 2.45) is 45.3 Å². The molecule has 3 saturated carbocycles. The van der Waals surface area contributed by atoms with Crippen LogP contribution in [0.5, 0.6) is 0 Å². The molecule has 0 amide bonds. The average molecular weight is 403 g/mol. The number of esters is 1. The second-order valence-corrected chi connectivity index (χ2v) is 12.3. The maximum atomic E-state index is 12.3. The summed E-state index contributed by atoms with van der Waals surface area (Å²) in [7, 11) is 0. The van der Waals surface area contributed by atoms with Crippen LogP contribution in [-0.4, -0.2) is 28.6 Å². The molecule has 0 aromatic heterocycles. The lowest BCUT2D eigenvalue weighted by molar-refractivity contribution is -0.247. The Kier molecular flexibility index (Phi) is 4.07. The maximum Gasteiger partial charge on any atom is 0.336 e. The first kappa shape index (κ1) is 20.1. The molecule has 0 aromatic carbocycles. The number of aliphatic hydroxyl groups excluding tert-OH is 2. The number of carbonyl (C=O) groups is 1. The number of carbonyl (C=O) groups excluding carboxylic acids is 1. The fraction of sp³-hybridized carbons (Fsp3) is 0.880. The zero-order valence-electron chi connectivity index (χ0n) is 18.7. The Morgan fingerprint density at radius 3 is 2.38 bits per heavy atom. The van der Waals surface area contributed by atoms with Gasteiger partial charge < -0.3 is 14.9 Å². The van der Waals surface area contributed by atoms with Crippen molar-refractivity contribution in [3.8, 4) is 0 Å². The number of cyclic esters (lactones) is 1. The van der Waals surface area contributed by atoms with Gasteiger partial charge in [-0.15, -0.1) is 0 Å². The minimum Gasteiger partial charge on any atom is -0.432 e. The molecule has 0 bridgehead atoms. The van der Waals surface area contributed by atoms with Gasteiger partial charge in [-0.3, -0.25) is 0 Å². The van der Waals surface area contributed by atoms with Crippen LogP contribution in [0.1, 0.15) is 79.6 Å². The molecule has 9 atom stereocenters. The molecular weight excluding hydrogens is 364 g/mol. The van der Waals surface area contributed by atoms with Crippen molar-refractivity contribution < 1.29 is 19.7 Å². The highest BCUT2D eigenvalue weighted by atomic mass is 16.6. The average Bonchev–Trinajstić information content (AvgIpc) is 2.91. The first-order chi connectivity index (χ1) is 13.5.